The molecule has 46 heavy (non-hydrogen) atoms. The molecule has 4 amide bonds. The van der Waals surface area contributed by atoms with Crippen molar-refractivity contribution < 1.29 is 54.7 Å². The Bertz CT molecular complexity index is 1590. The summed E-state index contributed by atoms with van der Waals surface area (Å²) in [6.07, 6.45) is -12.8. The number of rotatable bonds is 9. The van der Waals surface area contributed by atoms with Crippen LogP contribution in [0.2, 0.25) is 0 Å². The maximum absolute atomic E-state index is 14.3. The Morgan fingerprint density at radius 2 is 1.80 bits per heavy atom. The second-order valence-corrected chi connectivity index (χ2v) is 13.3. The number of fused-ring (bicyclic) bond motifs is 2. The van der Waals surface area contributed by atoms with Gasteiger partial charge in [-0.2, -0.15) is 26.3 Å². The normalized spacial score (nSPS) is 25.1. The maximum atomic E-state index is 14.3. The van der Waals surface area contributed by atoms with Crippen molar-refractivity contribution >= 4 is 51.0 Å². The number of thiazole rings is 1. The van der Waals surface area contributed by atoms with Crippen LogP contribution in [-0.2, 0) is 19.2 Å². The maximum Gasteiger partial charge on any atom is 0.471 e. The largest absolute Gasteiger partial charge is 0.471 e. The summed E-state index contributed by atoms with van der Waals surface area (Å²) in [6, 6.07) is -1.54. The molecule has 250 valence electrons. The number of nitrogens with one attached hydrogen (secondary N) is 3. The molecule has 0 unspecified atom stereocenters. The lowest BCUT2D eigenvalue weighted by Gasteiger charge is -2.34. The van der Waals surface area contributed by atoms with Crippen LogP contribution in [0.25, 0.3) is 10.2 Å². The van der Waals surface area contributed by atoms with E-state index in [1.165, 1.54) is 12.1 Å². The van der Waals surface area contributed by atoms with Gasteiger partial charge >= 0.3 is 18.3 Å². The molecular formula is C28H28F7N5O5S. The number of amides is 4. The lowest BCUT2D eigenvalue weighted by atomic mass is 9.94. The Hall–Kier alpha value is -3.83. The van der Waals surface area contributed by atoms with Gasteiger partial charge < -0.3 is 20.9 Å². The first-order chi connectivity index (χ1) is 21.3. The van der Waals surface area contributed by atoms with Crippen LogP contribution in [0.3, 0.4) is 0 Å². The van der Waals surface area contributed by atoms with E-state index in [0.717, 1.165) is 22.7 Å². The summed E-state index contributed by atoms with van der Waals surface area (Å²) in [4.78, 5) is 69.7. The first-order valence-electron chi connectivity index (χ1n) is 14.2. The van der Waals surface area contributed by atoms with Gasteiger partial charge in [0.15, 0.2) is 5.01 Å². The van der Waals surface area contributed by atoms with E-state index in [4.69, 9.17) is 0 Å². The zero-order chi connectivity index (χ0) is 33.9. The number of piperidine rings is 1. The number of Topliss-reactive ketones (excluding diaryl/α,β-unsaturated/α-hetero) is 1. The summed E-state index contributed by atoms with van der Waals surface area (Å²) in [5, 5.41) is 6.05. The van der Waals surface area contributed by atoms with Crippen molar-refractivity contribution in [1.29, 1.82) is 0 Å². The minimum atomic E-state index is -5.58. The Labute approximate surface area is 260 Å². The van der Waals surface area contributed by atoms with Crippen molar-refractivity contribution in [3.63, 3.8) is 0 Å². The molecule has 3 fully saturated rings. The number of halogens is 7. The number of para-hydroxylation sites is 1. The predicted molar refractivity (Wildman–Crippen MR) is 146 cm³/mol. The molecule has 3 aliphatic rings. The highest BCUT2D eigenvalue weighted by Crippen LogP contribution is 2.65. The average molecular weight is 680 g/mol. The summed E-state index contributed by atoms with van der Waals surface area (Å²) in [7, 11) is 0. The molecular weight excluding hydrogens is 651 g/mol. The van der Waals surface area contributed by atoms with Gasteiger partial charge in [-0.05, 0) is 42.2 Å². The third-order valence-electron chi connectivity index (χ3n) is 8.95. The van der Waals surface area contributed by atoms with Crippen LogP contribution in [0, 0.1) is 29.0 Å². The van der Waals surface area contributed by atoms with Gasteiger partial charge in [-0.3, -0.25) is 24.0 Å². The van der Waals surface area contributed by atoms with Gasteiger partial charge in [-0.15, -0.1) is 11.3 Å². The van der Waals surface area contributed by atoms with E-state index in [0.29, 0.717) is 22.6 Å². The van der Waals surface area contributed by atoms with Crippen molar-refractivity contribution in [3.05, 3.63) is 29.0 Å². The van der Waals surface area contributed by atoms with Crippen molar-refractivity contribution in [2.24, 2.45) is 23.2 Å². The fourth-order valence-corrected chi connectivity index (χ4v) is 7.47. The van der Waals surface area contributed by atoms with Crippen LogP contribution >= 0.6 is 11.3 Å². The topological polar surface area (TPSA) is 138 Å². The van der Waals surface area contributed by atoms with Crippen LogP contribution in [-0.4, -0.2) is 82.9 Å². The first-order valence-corrected chi connectivity index (χ1v) is 15.0. The minimum Gasteiger partial charge on any atom is -0.356 e. The van der Waals surface area contributed by atoms with Crippen LogP contribution in [0.15, 0.2) is 18.2 Å². The Morgan fingerprint density at radius 3 is 2.39 bits per heavy atom. The van der Waals surface area contributed by atoms with Crippen LogP contribution in [0.1, 0.15) is 42.9 Å². The molecule has 5 rings (SSSR count). The van der Waals surface area contributed by atoms with Gasteiger partial charge in [0.25, 0.3) is 0 Å². The number of nitrogens with zero attached hydrogens (tertiary/aromatic N) is 2. The number of alkyl halides is 6. The van der Waals surface area contributed by atoms with E-state index in [1.54, 1.807) is 13.8 Å². The van der Waals surface area contributed by atoms with Crippen molar-refractivity contribution in [1.82, 2.24) is 25.8 Å². The number of carbonyl (C=O) groups is 5. The molecule has 0 radical (unpaired) electrons. The van der Waals surface area contributed by atoms with Gasteiger partial charge in [-0.25, -0.2) is 9.37 Å². The molecule has 6 atom stereocenters. The third kappa shape index (κ3) is 6.53. The number of ketones is 1. The molecule has 2 aliphatic heterocycles. The summed E-state index contributed by atoms with van der Waals surface area (Å²) < 4.78 is 93.5. The molecule has 1 aromatic heterocycles. The van der Waals surface area contributed by atoms with E-state index in [2.05, 4.69) is 15.6 Å². The number of hydrogen-bond donors (Lipinski definition) is 3. The molecule has 2 saturated heterocycles. The smallest absolute Gasteiger partial charge is 0.356 e. The highest BCUT2D eigenvalue weighted by molar-refractivity contribution is 7.20. The summed E-state index contributed by atoms with van der Waals surface area (Å²) in [6.45, 7) is 3.50. The lowest BCUT2D eigenvalue weighted by molar-refractivity contribution is -0.179. The quantitative estimate of drug-likeness (QED) is 0.275. The molecule has 3 N–H and O–H groups in total. The fourth-order valence-electron chi connectivity index (χ4n) is 6.50. The molecule has 10 nitrogen and oxygen atoms in total. The number of aromatic nitrogens is 1. The zero-order valence-electron chi connectivity index (χ0n) is 24.2. The van der Waals surface area contributed by atoms with E-state index in [9.17, 15) is 54.7 Å². The highest BCUT2D eigenvalue weighted by atomic mass is 32.1. The highest BCUT2D eigenvalue weighted by Gasteiger charge is 2.70. The molecule has 0 bridgehead atoms. The zero-order valence-corrected chi connectivity index (χ0v) is 25.0. The van der Waals surface area contributed by atoms with Crippen molar-refractivity contribution in [2.45, 2.75) is 63.6 Å². The van der Waals surface area contributed by atoms with Crippen LogP contribution < -0.4 is 16.0 Å². The Kier molecular flexibility index (Phi) is 8.57. The molecule has 1 aliphatic carbocycles. The molecule has 3 heterocycles. The van der Waals surface area contributed by atoms with Crippen LogP contribution in [0.4, 0.5) is 30.7 Å². The summed E-state index contributed by atoms with van der Waals surface area (Å²) >= 11 is 0.841. The molecule has 2 aromatic rings. The summed E-state index contributed by atoms with van der Waals surface area (Å²) in [5.74, 6) is -8.92. The van der Waals surface area contributed by atoms with Gasteiger partial charge in [0.1, 0.15) is 23.4 Å². The number of likely N-dealkylation sites (tertiary alicyclic amines) is 1. The second-order valence-electron chi connectivity index (χ2n) is 12.3. The van der Waals surface area contributed by atoms with Gasteiger partial charge in [0.05, 0.1) is 17.2 Å². The van der Waals surface area contributed by atoms with Crippen molar-refractivity contribution in [3.8, 4) is 0 Å². The standard InChI is InChI=1S/C28H28F7N5O5S/c1-26(2)12-10-40(24(44)15(9-27(30,31)32)38-25(45)28(33,34)35)19(17(12)26)22(43)37-14(8-11-6-7-36-21(11)42)20(41)23-39-18-13(29)4-3-5-16(18)46-23/h3-5,11-12,14-15,17,19H,6-10H2,1-2H3,(H,36,42)(H,37,43)(H,38,45)/t11-,12-,14-,15-,17-,19-/m0/s1. The average Bonchev–Trinajstić information content (AvgIpc) is 3.46. The molecule has 1 saturated carbocycles. The second kappa shape index (κ2) is 11.8. The van der Waals surface area contributed by atoms with Gasteiger partial charge in [0, 0.05) is 19.0 Å². The van der Waals surface area contributed by atoms with Gasteiger partial charge in [-0.1, -0.05) is 19.9 Å². The van der Waals surface area contributed by atoms with Gasteiger partial charge in [0.2, 0.25) is 23.5 Å². The number of hydrogen-bond acceptors (Lipinski definition) is 7. The lowest BCUT2D eigenvalue weighted by Crippen LogP contribution is -2.59. The van der Waals surface area contributed by atoms with E-state index >= 15 is 0 Å². The monoisotopic (exact) mass is 679 g/mol. The Morgan fingerprint density at radius 1 is 1.11 bits per heavy atom. The third-order valence-corrected chi connectivity index (χ3v) is 9.99. The molecule has 18 heteroatoms. The predicted octanol–water partition coefficient (Wildman–Crippen LogP) is 3.11. The molecule has 0 spiro atoms. The Balaban J connectivity index is 1.44. The van der Waals surface area contributed by atoms with Crippen LogP contribution in [0.5, 0.6) is 0 Å². The first kappa shape index (κ1) is 33.5. The van der Waals surface area contributed by atoms with Crippen molar-refractivity contribution in [2.75, 3.05) is 13.1 Å². The number of carbonyl (C=O) groups excluding carboxylic acids is 5. The van der Waals surface area contributed by atoms with E-state index in [-0.39, 0.29) is 29.4 Å². The fraction of sp³-hybridized carbons (Fsp3) is 0.571. The SMILES string of the molecule is CC1(C)[C@@H]2[C@@H](C(=O)N[C@@H](C[C@@H]3CCNC3=O)C(=O)c3nc4c(F)cccc4s3)N(C(=O)[C@H](CC(F)(F)F)NC(=O)C(F)(F)F)C[C@@H]21. The van der Waals surface area contributed by atoms with E-state index in [1.807, 2.05) is 0 Å². The molecule has 1 aromatic carbocycles. The summed E-state index contributed by atoms with van der Waals surface area (Å²) in [5.41, 5.74) is -0.686. The minimum absolute atomic E-state index is 0.0914. The number of benzene rings is 1. The van der Waals surface area contributed by atoms with E-state index < -0.39 is 89.4 Å².